The fraction of sp³-hybridized carbons (Fsp3) is 0.824. The lowest BCUT2D eigenvalue weighted by Crippen LogP contribution is -2.50. The lowest BCUT2D eigenvalue weighted by Gasteiger charge is -2.28. The summed E-state index contributed by atoms with van der Waals surface area (Å²) in [6.07, 6.45) is 5.59. The average Bonchev–Trinajstić information content (AvgIpc) is 3.07. The van der Waals surface area contributed by atoms with Crippen LogP contribution in [0.15, 0.2) is 0 Å². The molecule has 0 aromatic carbocycles. The van der Waals surface area contributed by atoms with Crippen molar-refractivity contribution in [2.45, 2.75) is 64.0 Å². The molecule has 2 amide bonds. The highest BCUT2D eigenvalue weighted by Crippen LogP contribution is 2.24. The Labute approximate surface area is 142 Å². The molecule has 2 fully saturated rings. The molecule has 2 aliphatic rings. The molecule has 24 heavy (non-hydrogen) atoms. The third-order valence-electron chi connectivity index (χ3n) is 4.86. The maximum absolute atomic E-state index is 12.1. The van der Waals surface area contributed by atoms with Gasteiger partial charge in [-0.15, -0.1) is 0 Å². The number of rotatable bonds is 7. The predicted molar refractivity (Wildman–Crippen MR) is 87.3 cm³/mol. The summed E-state index contributed by atoms with van der Waals surface area (Å²) in [6.45, 7) is 2.76. The number of ether oxygens (including phenoxy) is 1. The number of carboxylic acid groups (broad SMARTS) is 1. The molecule has 0 radical (unpaired) electrons. The normalized spacial score (nSPS) is 24.1. The Morgan fingerprint density at radius 1 is 1.12 bits per heavy atom. The first-order valence-corrected chi connectivity index (χ1v) is 8.87. The molecule has 1 aliphatic heterocycles. The monoisotopic (exact) mass is 340 g/mol. The fourth-order valence-corrected chi connectivity index (χ4v) is 3.52. The topological polar surface area (TPSA) is 105 Å². The zero-order chi connectivity index (χ0) is 17.5. The van der Waals surface area contributed by atoms with Crippen LogP contribution in [0, 0.1) is 11.8 Å². The molecule has 7 nitrogen and oxygen atoms in total. The highest BCUT2D eigenvalue weighted by molar-refractivity contribution is 5.85. The summed E-state index contributed by atoms with van der Waals surface area (Å²) in [5, 5.41) is 14.8. The van der Waals surface area contributed by atoms with E-state index in [1.807, 2.05) is 0 Å². The first-order chi connectivity index (χ1) is 11.5. The first-order valence-electron chi connectivity index (χ1n) is 8.87. The Bertz CT molecular complexity index is 456. The molecule has 7 heteroatoms. The number of nitrogens with one attached hydrogen (secondary N) is 2. The number of carboxylic acids is 1. The van der Waals surface area contributed by atoms with Crippen LogP contribution < -0.4 is 10.6 Å². The number of hydrogen-bond acceptors (Lipinski definition) is 4. The Hall–Kier alpha value is -1.63. The van der Waals surface area contributed by atoms with Gasteiger partial charge < -0.3 is 20.5 Å². The summed E-state index contributed by atoms with van der Waals surface area (Å²) in [5.41, 5.74) is 0. The van der Waals surface area contributed by atoms with Crippen LogP contribution in [0.4, 0.5) is 0 Å². The SMILES string of the molecule is CC(CC(=O)NC(C(=O)O)C1CCCOC1)NC(=O)C1CCCC1. The minimum atomic E-state index is -1.04. The van der Waals surface area contributed by atoms with E-state index in [9.17, 15) is 19.5 Å². The van der Waals surface area contributed by atoms with Crippen molar-refractivity contribution in [2.75, 3.05) is 13.2 Å². The third-order valence-corrected chi connectivity index (χ3v) is 4.86. The minimum absolute atomic E-state index is 0.00302. The molecule has 2 rings (SSSR count). The van der Waals surface area contributed by atoms with E-state index < -0.39 is 12.0 Å². The van der Waals surface area contributed by atoms with Crippen molar-refractivity contribution >= 4 is 17.8 Å². The predicted octanol–water partition coefficient (Wildman–Crippen LogP) is 1.07. The van der Waals surface area contributed by atoms with Gasteiger partial charge in [-0.2, -0.15) is 0 Å². The number of amides is 2. The Kier molecular flexibility index (Phi) is 7.02. The average molecular weight is 340 g/mol. The van der Waals surface area contributed by atoms with Gasteiger partial charge in [0, 0.05) is 30.9 Å². The van der Waals surface area contributed by atoms with E-state index >= 15 is 0 Å². The van der Waals surface area contributed by atoms with Crippen LogP contribution in [-0.2, 0) is 19.1 Å². The van der Waals surface area contributed by atoms with Crippen LogP contribution in [0.1, 0.15) is 51.9 Å². The lowest BCUT2D eigenvalue weighted by atomic mass is 9.93. The van der Waals surface area contributed by atoms with Gasteiger partial charge in [0.25, 0.3) is 0 Å². The van der Waals surface area contributed by atoms with Crippen LogP contribution in [0.2, 0.25) is 0 Å². The summed E-state index contributed by atoms with van der Waals surface area (Å²) < 4.78 is 5.31. The molecule has 0 spiro atoms. The molecular formula is C17H28N2O5. The van der Waals surface area contributed by atoms with E-state index in [0.717, 1.165) is 38.5 Å². The number of aliphatic carboxylic acids is 1. The van der Waals surface area contributed by atoms with Crippen LogP contribution in [0.3, 0.4) is 0 Å². The first kappa shape index (κ1) is 18.7. The van der Waals surface area contributed by atoms with Crippen molar-refractivity contribution < 1.29 is 24.2 Å². The van der Waals surface area contributed by atoms with Crippen molar-refractivity contribution in [1.29, 1.82) is 0 Å². The molecule has 3 atom stereocenters. The quantitative estimate of drug-likeness (QED) is 0.643. The fourth-order valence-electron chi connectivity index (χ4n) is 3.52. The molecule has 3 N–H and O–H groups in total. The van der Waals surface area contributed by atoms with Crippen LogP contribution in [-0.4, -0.2) is 48.2 Å². The van der Waals surface area contributed by atoms with Gasteiger partial charge >= 0.3 is 5.97 Å². The smallest absolute Gasteiger partial charge is 0.326 e. The van der Waals surface area contributed by atoms with Crippen molar-refractivity contribution in [3.8, 4) is 0 Å². The molecule has 0 bridgehead atoms. The highest BCUT2D eigenvalue weighted by Gasteiger charge is 2.32. The highest BCUT2D eigenvalue weighted by atomic mass is 16.5. The third kappa shape index (κ3) is 5.47. The van der Waals surface area contributed by atoms with Gasteiger partial charge in [-0.05, 0) is 32.6 Å². The Morgan fingerprint density at radius 2 is 1.83 bits per heavy atom. The van der Waals surface area contributed by atoms with Crippen molar-refractivity contribution in [1.82, 2.24) is 10.6 Å². The number of carbonyl (C=O) groups is 3. The van der Waals surface area contributed by atoms with Crippen molar-refractivity contribution in [3.63, 3.8) is 0 Å². The summed E-state index contributed by atoms with van der Waals surface area (Å²) in [4.78, 5) is 35.6. The zero-order valence-corrected chi connectivity index (χ0v) is 14.3. The summed E-state index contributed by atoms with van der Waals surface area (Å²) in [6, 6.07) is -1.24. The van der Waals surface area contributed by atoms with Gasteiger partial charge in [-0.3, -0.25) is 9.59 Å². The molecule has 0 aromatic heterocycles. The molecule has 1 saturated heterocycles. The maximum atomic E-state index is 12.1. The maximum Gasteiger partial charge on any atom is 0.326 e. The second-order valence-electron chi connectivity index (χ2n) is 6.96. The summed E-state index contributed by atoms with van der Waals surface area (Å²) >= 11 is 0. The van der Waals surface area contributed by atoms with E-state index in [-0.39, 0.29) is 36.1 Å². The summed E-state index contributed by atoms with van der Waals surface area (Å²) in [7, 11) is 0. The second-order valence-corrected chi connectivity index (χ2v) is 6.96. The molecule has 1 saturated carbocycles. The zero-order valence-electron chi connectivity index (χ0n) is 14.3. The molecule has 3 unspecified atom stereocenters. The van der Waals surface area contributed by atoms with Gasteiger partial charge in [0.1, 0.15) is 6.04 Å². The van der Waals surface area contributed by atoms with E-state index in [2.05, 4.69) is 10.6 Å². The van der Waals surface area contributed by atoms with Gasteiger partial charge in [0.2, 0.25) is 11.8 Å². The minimum Gasteiger partial charge on any atom is -0.480 e. The van der Waals surface area contributed by atoms with E-state index in [4.69, 9.17) is 4.74 Å². The van der Waals surface area contributed by atoms with Crippen molar-refractivity contribution in [2.24, 2.45) is 11.8 Å². The van der Waals surface area contributed by atoms with E-state index in [1.165, 1.54) is 0 Å². The van der Waals surface area contributed by atoms with E-state index in [0.29, 0.717) is 13.2 Å². The Morgan fingerprint density at radius 3 is 2.42 bits per heavy atom. The Balaban J connectivity index is 1.79. The molecule has 136 valence electrons. The number of hydrogen-bond donors (Lipinski definition) is 3. The van der Waals surface area contributed by atoms with Crippen LogP contribution in [0.25, 0.3) is 0 Å². The van der Waals surface area contributed by atoms with Gasteiger partial charge in [0.05, 0.1) is 6.61 Å². The molecule has 1 aliphatic carbocycles. The molecule has 1 heterocycles. The lowest BCUT2D eigenvalue weighted by molar-refractivity contribution is -0.145. The van der Waals surface area contributed by atoms with Gasteiger partial charge in [0.15, 0.2) is 0 Å². The van der Waals surface area contributed by atoms with E-state index in [1.54, 1.807) is 6.92 Å². The molecular weight excluding hydrogens is 312 g/mol. The largest absolute Gasteiger partial charge is 0.480 e. The van der Waals surface area contributed by atoms with Gasteiger partial charge in [-0.1, -0.05) is 12.8 Å². The van der Waals surface area contributed by atoms with Crippen LogP contribution >= 0.6 is 0 Å². The second kappa shape index (κ2) is 9.01. The molecule has 0 aromatic rings. The van der Waals surface area contributed by atoms with Crippen molar-refractivity contribution in [3.05, 3.63) is 0 Å². The number of carbonyl (C=O) groups excluding carboxylic acids is 2. The summed E-state index contributed by atoms with van der Waals surface area (Å²) in [5.74, 6) is -1.54. The standard InChI is InChI=1S/C17H28N2O5/c1-11(18-16(21)12-5-2-3-6-12)9-14(20)19-15(17(22)23)13-7-4-8-24-10-13/h11-13,15H,2-10H2,1H3,(H,18,21)(H,19,20)(H,22,23). The van der Waals surface area contributed by atoms with Crippen LogP contribution in [0.5, 0.6) is 0 Å². The van der Waals surface area contributed by atoms with Gasteiger partial charge in [-0.25, -0.2) is 4.79 Å².